The molecular formula is C17H24F3N3O2. The van der Waals surface area contributed by atoms with Crippen LogP contribution < -0.4 is 10.1 Å². The Hall–Kier alpha value is -1.96. The number of hydrogen-bond acceptors (Lipinski definition) is 3. The number of likely N-dealkylation sites (tertiary alicyclic amines) is 1. The second-order valence-electron chi connectivity index (χ2n) is 6.37. The number of likely N-dealkylation sites (N-methyl/N-ethyl adjacent to an activating group) is 1. The largest absolute Gasteiger partial charge is 0.490 e. The molecule has 0 saturated carbocycles. The van der Waals surface area contributed by atoms with Gasteiger partial charge in [0.1, 0.15) is 11.9 Å². The Bertz CT molecular complexity index is 571. The number of piperidine rings is 1. The number of carbonyl (C=O) groups is 1. The molecule has 0 aliphatic carbocycles. The SMILES string of the molecule is CN(C)CCNC(=O)N1CCC(Oc2cccc(C(F)(F)F)c2)CC1. The fourth-order valence-electron chi connectivity index (χ4n) is 2.61. The van der Waals surface area contributed by atoms with E-state index in [0.29, 0.717) is 32.5 Å². The predicted molar refractivity (Wildman–Crippen MR) is 88.6 cm³/mol. The first-order valence-electron chi connectivity index (χ1n) is 8.27. The van der Waals surface area contributed by atoms with E-state index in [1.807, 2.05) is 19.0 Å². The second kappa shape index (κ2) is 8.42. The summed E-state index contributed by atoms with van der Waals surface area (Å²) in [6.45, 7) is 2.39. The maximum Gasteiger partial charge on any atom is 0.416 e. The van der Waals surface area contributed by atoms with Crippen LogP contribution >= 0.6 is 0 Å². The number of hydrogen-bond donors (Lipinski definition) is 1. The highest BCUT2D eigenvalue weighted by molar-refractivity contribution is 5.74. The molecule has 0 unspecified atom stereocenters. The molecule has 140 valence electrons. The first kappa shape index (κ1) is 19.4. The number of urea groups is 1. The molecule has 1 saturated heterocycles. The third kappa shape index (κ3) is 6.12. The van der Waals surface area contributed by atoms with Crippen LogP contribution in [-0.2, 0) is 6.18 Å². The van der Waals surface area contributed by atoms with E-state index in [1.54, 1.807) is 4.90 Å². The molecule has 0 bridgehead atoms. The van der Waals surface area contributed by atoms with Gasteiger partial charge in [-0.2, -0.15) is 13.2 Å². The van der Waals surface area contributed by atoms with Crippen molar-refractivity contribution in [1.29, 1.82) is 0 Å². The first-order valence-corrected chi connectivity index (χ1v) is 8.27. The summed E-state index contributed by atoms with van der Waals surface area (Å²) in [5.41, 5.74) is -0.720. The zero-order valence-corrected chi connectivity index (χ0v) is 14.5. The van der Waals surface area contributed by atoms with E-state index >= 15 is 0 Å². The van der Waals surface area contributed by atoms with Gasteiger partial charge in [0.15, 0.2) is 0 Å². The molecule has 2 amide bonds. The molecule has 1 N–H and O–H groups in total. The molecular weight excluding hydrogens is 335 g/mol. The minimum Gasteiger partial charge on any atom is -0.490 e. The number of alkyl halides is 3. The molecule has 1 heterocycles. The van der Waals surface area contributed by atoms with E-state index in [4.69, 9.17) is 4.74 Å². The molecule has 0 spiro atoms. The van der Waals surface area contributed by atoms with Gasteiger partial charge in [-0.1, -0.05) is 6.07 Å². The van der Waals surface area contributed by atoms with E-state index < -0.39 is 11.7 Å². The Morgan fingerprint density at radius 3 is 2.60 bits per heavy atom. The molecule has 1 aromatic rings. The highest BCUT2D eigenvalue weighted by Gasteiger charge is 2.31. The molecule has 0 atom stereocenters. The minimum absolute atomic E-state index is 0.112. The van der Waals surface area contributed by atoms with Gasteiger partial charge >= 0.3 is 12.2 Å². The third-order valence-corrected chi connectivity index (χ3v) is 4.03. The molecule has 25 heavy (non-hydrogen) atoms. The lowest BCUT2D eigenvalue weighted by atomic mass is 10.1. The maximum absolute atomic E-state index is 12.7. The van der Waals surface area contributed by atoms with Crippen molar-refractivity contribution in [3.05, 3.63) is 29.8 Å². The van der Waals surface area contributed by atoms with Gasteiger partial charge in [0, 0.05) is 39.0 Å². The summed E-state index contributed by atoms with van der Waals surface area (Å²) in [6.07, 6.45) is -3.38. The summed E-state index contributed by atoms with van der Waals surface area (Å²) in [5, 5.41) is 2.85. The van der Waals surface area contributed by atoms with Crippen LogP contribution in [-0.4, -0.2) is 62.2 Å². The van der Waals surface area contributed by atoms with E-state index in [0.717, 1.165) is 18.7 Å². The summed E-state index contributed by atoms with van der Waals surface area (Å²) in [4.78, 5) is 15.7. The zero-order valence-electron chi connectivity index (χ0n) is 14.5. The van der Waals surface area contributed by atoms with Gasteiger partial charge in [0.05, 0.1) is 5.56 Å². The Balaban J connectivity index is 1.80. The summed E-state index contributed by atoms with van der Waals surface area (Å²) in [5.74, 6) is 0.212. The predicted octanol–water partition coefficient (Wildman–Crippen LogP) is 2.82. The second-order valence-corrected chi connectivity index (χ2v) is 6.37. The summed E-state index contributed by atoms with van der Waals surface area (Å²) in [7, 11) is 3.87. The average Bonchev–Trinajstić information content (AvgIpc) is 2.54. The van der Waals surface area contributed by atoms with Crippen molar-refractivity contribution in [2.75, 3.05) is 40.3 Å². The van der Waals surface area contributed by atoms with Crippen molar-refractivity contribution in [2.45, 2.75) is 25.1 Å². The van der Waals surface area contributed by atoms with E-state index in [1.165, 1.54) is 12.1 Å². The van der Waals surface area contributed by atoms with Crippen molar-refractivity contribution in [2.24, 2.45) is 0 Å². The minimum atomic E-state index is -4.38. The fourth-order valence-corrected chi connectivity index (χ4v) is 2.61. The van der Waals surface area contributed by atoms with Crippen LogP contribution in [0, 0.1) is 0 Å². The van der Waals surface area contributed by atoms with Gasteiger partial charge in [-0.15, -0.1) is 0 Å². The van der Waals surface area contributed by atoms with Crippen molar-refractivity contribution < 1.29 is 22.7 Å². The molecule has 1 fully saturated rings. The normalized spacial score (nSPS) is 16.2. The van der Waals surface area contributed by atoms with E-state index in [-0.39, 0.29) is 17.9 Å². The zero-order chi connectivity index (χ0) is 18.4. The molecule has 1 aliphatic rings. The number of nitrogens with zero attached hydrogens (tertiary/aromatic N) is 2. The Labute approximate surface area is 145 Å². The number of ether oxygens (including phenoxy) is 1. The van der Waals surface area contributed by atoms with Crippen molar-refractivity contribution >= 4 is 6.03 Å². The molecule has 1 aromatic carbocycles. The molecule has 0 aromatic heterocycles. The van der Waals surface area contributed by atoms with Gasteiger partial charge in [-0.3, -0.25) is 0 Å². The summed E-state index contributed by atoms with van der Waals surface area (Å²) in [6, 6.07) is 4.79. The highest BCUT2D eigenvalue weighted by atomic mass is 19.4. The van der Waals surface area contributed by atoms with Crippen LogP contribution in [0.15, 0.2) is 24.3 Å². The highest BCUT2D eigenvalue weighted by Crippen LogP contribution is 2.32. The molecule has 8 heteroatoms. The molecule has 5 nitrogen and oxygen atoms in total. The monoisotopic (exact) mass is 359 g/mol. The van der Waals surface area contributed by atoms with Gasteiger partial charge in [0.25, 0.3) is 0 Å². The van der Waals surface area contributed by atoms with Crippen LogP contribution in [0.1, 0.15) is 18.4 Å². The van der Waals surface area contributed by atoms with Crippen LogP contribution in [0.5, 0.6) is 5.75 Å². The smallest absolute Gasteiger partial charge is 0.416 e. The Morgan fingerprint density at radius 1 is 1.32 bits per heavy atom. The van der Waals surface area contributed by atoms with Crippen LogP contribution in [0.2, 0.25) is 0 Å². The van der Waals surface area contributed by atoms with Crippen molar-refractivity contribution in [3.8, 4) is 5.75 Å². The topological polar surface area (TPSA) is 44.8 Å². The van der Waals surface area contributed by atoms with E-state index in [9.17, 15) is 18.0 Å². The number of benzene rings is 1. The summed E-state index contributed by atoms with van der Waals surface area (Å²) >= 11 is 0. The quantitative estimate of drug-likeness (QED) is 0.879. The number of amides is 2. The van der Waals surface area contributed by atoms with Gasteiger partial charge in [-0.25, -0.2) is 4.79 Å². The Kier molecular flexibility index (Phi) is 6.52. The van der Waals surface area contributed by atoms with Gasteiger partial charge in [0.2, 0.25) is 0 Å². The third-order valence-electron chi connectivity index (χ3n) is 4.03. The van der Waals surface area contributed by atoms with Crippen LogP contribution in [0.4, 0.5) is 18.0 Å². The first-order chi connectivity index (χ1) is 11.8. The number of rotatable bonds is 5. The van der Waals surface area contributed by atoms with Crippen LogP contribution in [0.25, 0.3) is 0 Å². The lowest BCUT2D eigenvalue weighted by Gasteiger charge is -2.32. The number of halogens is 3. The lowest BCUT2D eigenvalue weighted by molar-refractivity contribution is -0.137. The standard InChI is InChI=1S/C17H24F3N3O2/c1-22(2)11-8-21-16(24)23-9-6-14(7-10-23)25-15-5-3-4-13(12-15)17(18,19)20/h3-5,12,14H,6-11H2,1-2H3,(H,21,24). The lowest BCUT2D eigenvalue weighted by Crippen LogP contribution is -2.47. The fraction of sp³-hybridized carbons (Fsp3) is 0.588. The number of carbonyl (C=O) groups excluding carboxylic acids is 1. The molecule has 1 aliphatic heterocycles. The van der Waals surface area contributed by atoms with Gasteiger partial charge in [-0.05, 0) is 32.3 Å². The van der Waals surface area contributed by atoms with Crippen molar-refractivity contribution in [1.82, 2.24) is 15.1 Å². The van der Waals surface area contributed by atoms with E-state index in [2.05, 4.69) is 5.32 Å². The van der Waals surface area contributed by atoms with Crippen molar-refractivity contribution in [3.63, 3.8) is 0 Å². The molecule has 2 rings (SSSR count). The molecule has 0 radical (unpaired) electrons. The summed E-state index contributed by atoms with van der Waals surface area (Å²) < 4.78 is 43.9. The number of nitrogens with one attached hydrogen (secondary N) is 1. The van der Waals surface area contributed by atoms with Gasteiger partial charge < -0.3 is 19.9 Å². The average molecular weight is 359 g/mol. The maximum atomic E-state index is 12.7. The van der Waals surface area contributed by atoms with Crippen LogP contribution in [0.3, 0.4) is 0 Å². The Morgan fingerprint density at radius 2 is 2.00 bits per heavy atom.